The van der Waals surface area contributed by atoms with Gasteiger partial charge in [-0.2, -0.15) is 0 Å². The Balaban J connectivity index is 1.56. The van der Waals surface area contributed by atoms with Gasteiger partial charge in [-0.15, -0.1) is 0 Å². The lowest BCUT2D eigenvalue weighted by Gasteiger charge is -2.04. The molecule has 4 unspecified atom stereocenters. The van der Waals surface area contributed by atoms with Crippen molar-refractivity contribution in [2.75, 3.05) is 27.2 Å². The summed E-state index contributed by atoms with van der Waals surface area (Å²) >= 11 is 0. The van der Waals surface area contributed by atoms with E-state index in [0.717, 1.165) is 31.8 Å². The molecule has 0 aromatic rings. The third kappa shape index (κ3) is 3.19. The molecule has 2 aliphatic carbocycles. The maximum absolute atomic E-state index is 11.7. The highest BCUT2D eigenvalue weighted by Crippen LogP contribution is 2.40. The smallest absolute Gasteiger partial charge is 0.220 e. The molecule has 2 rings (SSSR count). The standard InChI is InChI=1S/C12H23N3O/c1-13-6-9-3-8(9)5-12(16)15-11-4-10(11)7-14-2/h8-11,13-14H,3-7H2,1-2H3,(H,15,16). The second-order valence-electron chi connectivity index (χ2n) is 5.25. The summed E-state index contributed by atoms with van der Waals surface area (Å²) < 4.78 is 0. The topological polar surface area (TPSA) is 53.2 Å². The quantitative estimate of drug-likeness (QED) is 0.570. The zero-order chi connectivity index (χ0) is 11.5. The van der Waals surface area contributed by atoms with Crippen LogP contribution in [-0.2, 0) is 4.79 Å². The highest BCUT2D eigenvalue weighted by molar-refractivity contribution is 5.77. The fourth-order valence-electron chi connectivity index (χ4n) is 2.49. The minimum absolute atomic E-state index is 0.257. The van der Waals surface area contributed by atoms with Crippen LogP contribution in [0.3, 0.4) is 0 Å². The minimum atomic E-state index is 0.257. The summed E-state index contributed by atoms with van der Waals surface area (Å²) in [4.78, 5) is 11.7. The van der Waals surface area contributed by atoms with Crippen molar-refractivity contribution in [3.05, 3.63) is 0 Å². The Kier molecular flexibility index (Phi) is 3.82. The van der Waals surface area contributed by atoms with E-state index >= 15 is 0 Å². The molecule has 2 saturated carbocycles. The molecule has 0 saturated heterocycles. The molecular formula is C12H23N3O. The van der Waals surface area contributed by atoms with Gasteiger partial charge in [-0.1, -0.05) is 0 Å². The van der Waals surface area contributed by atoms with Gasteiger partial charge in [0.15, 0.2) is 0 Å². The van der Waals surface area contributed by atoms with E-state index < -0.39 is 0 Å². The molecule has 3 N–H and O–H groups in total. The van der Waals surface area contributed by atoms with E-state index in [4.69, 9.17) is 0 Å². The Morgan fingerprint density at radius 2 is 1.75 bits per heavy atom. The van der Waals surface area contributed by atoms with Crippen molar-refractivity contribution in [2.24, 2.45) is 17.8 Å². The van der Waals surface area contributed by atoms with Gasteiger partial charge in [-0.3, -0.25) is 4.79 Å². The molecule has 1 amide bonds. The number of nitrogens with one attached hydrogen (secondary N) is 3. The predicted molar refractivity (Wildman–Crippen MR) is 64.1 cm³/mol. The molecule has 0 spiro atoms. The average molecular weight is 225 g/mol. The molecule has 0 aromatic heterocycles. The van der Waals surface area contributed by atoms with E-state index in [1.165, 1.54) is 6.42 Å². The third-order valence-corrected chi connectivity index (χ3v) is 3.72. The van der Waals surface area contributed by atoms with Gasteiger partial charge in [0.25, 0.3) is 0 Å². The van der Waals surface area contributed by atoms with Crippen LogP contribution in [0.5, 0.6) is 0 Å². The normalized spacial score (nSPS) is 35.9. The molecule has 2 aliphatic rings. The van der Waals surface area contributed by atoms with Crippen molar-refractivity contribution >= 4 is 5.91 Å². The molecule has 92 valence electrons. The van der Waals surface area contributed by atoms with Crippen LogP contribution in [-0.4, -0.2) is 39.1 Å². The minimum Gasteiger partial charge on any atom is -0.353 e. The zero-order valence-corrected chi connectivity index (χ0v) is 10.3. The average Bonchev–Trinajstić information content (AvgIpc) is 3.10. The summed E-state index contributed by atoms with van der Waals surface area (Å²) in [6.07, 6.45) is 3.10. The second kappa shape index (κ2) is 5.15. The maximum atomic E-state index is 11.7. The first-order valence-electron chi connectivity index (χ1n) is 6.33. The number of rotatable bonds is 7. The van der Waals surface area contributed by atoms with E-state index in [1.54, 1.807) is 0 Å². The lowest BCUT2D eigenvalue weighted by molar-refractivity contribution is -0.121. The van der Waals surface area contributed by atoms with Crippen LogP contribution in [0.2, 0.25) is 0 Å². The van der Waals surface area contributed by atoms with Gasteiger partial charge in [-0.05, 0) is 57.8 Å². The molecule has 0 radical (unpaired) electrons. The number of carbonyl (C=O) groups is 1. The van der Waals surface area contributed by atoms with Gasteiger partial charge in [0, 0.05) is 12.5 Å². The largest absolute Gasteiger partial charge is 0.353 e. The van der Waals surface area contributed by atoms with Crippen molar-refractivity contribution < 1.29 is 4.79 Å². The van der Waals surface area contributed by atoms with E-state index in [9.17, 15) is 4.79 Å². The van der Waals surface area contributed by atoms with Crippen LogP contribution in [0.15, 0.2) is 0 Å². The van der Waals surface area contributed by atoms with Crippen LogP contribution in [0.4, 0.5) is 0 Å². The Bertz CT molecular complexity index is 233. The molecule has 0 aliphatic heterocycles. The summed E-state index contributed by atoms with van der Waals surface area (Å²) in [5.41, 5.74) is 0. The van der Waals surface area contributed by atoms with Gasteiger partial charge in [-0.25, -0.2) is 0 Å². The second-order valence-corrected chi connectivity index (χ2v) is 5.25. The Hall–Kier alpha value is -0.610. The summed E-state index contributed by atoms with van der Waals surface area (Å²) in [5.74, 6) is 2.30. The number of carbonyl (C=O) groups excluding carboxylic acids is 1. The van der Waals surface area contributed by atoms with E-state index in [1.807, 2.05) is 14.1 Å². The number of hydrogen-bond acceptors (Lipinski definition) is 3. The van der Waals surface area contributed by atoms with Crippen LogP contribution in [0.1, 0.15) is 19.3 Å². The summed E-state index contributed by atoms with van der Waals surface area (Å²) in [6.45, 7) is 2.08. The third-order valence-electron chi connectivity index (χ3n) is 3.72. The highest BCUT2D eigenvalue weighted by atomic mass is 16.1. The highest BCUT2D eigenvalue weighted by Gasteiger charge is 2.41. The summed E-state index contributed by atoms with van der Waals surface area (Å²) in [6, 6.07) is 0.446. The lowest BCUT2D eigenvalue weighted by Crippen LogP contribution is -2.29. The summed E-state index contributed by atoms with van der Waals surface area (Å²) in [7, 11) is 3.94. The molecule has 4 nitrogen and oxygen atoms in total. The number of hydrogen-bond donors (Lipinski definition) is 3. The zero-order valence-electron chi connectivity index (χ0n) is 10.3. The van der Waals surface area contributed by atoms with Crippen LogP contribution in [0.25, 0.3) is 0 Å². The summed E-state index contributed by atoms with van der Waals surface area (Å²) in [5, 5.41) is 9.44. The van der Waals surface area contributed by atoms with Crippen molar-refractivity contribution in [1.29, 1.82) is 0 Å². The van der Waals surface area contributed by atoms with Gasteiger partial charge < -0.3 is 16.0 Å². The Morgan fingerprint density at radius 3 is 2.44 bits per heavy atom. The van der Waals surface area contributed by atoms with Crippen LogP contribution >= 0.6 is 0 Å². The first-order valence-corrected chi connectivity index (χ1v) is 6.33. The van der Waals surface area contributed by atoms with Crippen molar-refractivity contribution in [2.45, 2.75) is 25.3 Å². The molecule has 16 heavy (non-hydrogen) atoms. The fourth-order valence-corrected chi connectivity index (χ4v) is 2.49. The van der Waals surface area contributed by atoms with Crippen LogP contribution in [0, 0.1) is 17.8 Å². The Labute approximate surface area is 97.6 Å². The van der Waals surface area contributed by atoms with Crippen molar-refractivity contribution in [3.63, 3.8) is 0 Å². The molecule has 4 atom stereocenters. The SMILES string of the molecule is CNCC1CC1CC(=O)NC1CC1CNC. The molecule has 4 heteroatoms. The monoisotopic (exact) mass is 225 g/mol. The molecule has 0 bridgehead atoms. The first kappa shape index (κ1) is 11.9. The lowest BCUT2D eigenvalue weighted by atomic mass is 10.2. The van der Waals surface area contributed by atoms with Crippen molar-refractivity contribution in [3.8, 4) is 0 Å². The van der Waals surface area contributed by atoms with Gasteiger partial charge >= 0.3 is 0 Å². The fraction of sp³-hybridized carbons (Fsp3) is 0.917. The van der Waals surface area contributed by atoms with E-state index in [-0.39, 0.29) is 5.91 Å². The van der Waals surface area contributed by atoms with Gasteiger partial charge in [0.05, 0.1) is 0 Å². The van der Waals surface area contributed by atoms with E-state index in [0.29, 0.717) is 17.9 Å². The first-order chi connectivity index (χ1) is 7.74. The predicted octanol–water partition coefficient (Wildman–Crippen LogP) is -0.0439. The number of amides is 1. The molecule has 0 heterocycles. The van der Waals surface area contributed by atoms with Gasteiger partial charge in [0.1, 0.15) is 0 Å². The van der Waals surface area contributed by atoms with Gasteiger partial charge in [0.2, 0.25) is 5.91 Å². The maximum Gasteiger partial charge on any atom is 0.220 e. The molecule has 2 fully saturated rings. The molecular weight excluding hydrogens is 202 g/mol. The van der Waals surface area contributed by atoms with Crippen LogP contribution < -0.4 is 16.0 Å². The van der Waals surface area contributed by atoms with Crippen molar-refractivity contribution in [1.82, 2.24) is 16.0 Å². The Morgan fingerprint density at radius 1 is 1.06 bits per heavy atom. The molecule has 0 aromatic carbocycles. The van der Waals surface area contributed by atoms with E-state index in [2.05, 4.69) is 16.0 Å².